The molecule has 0 radical (unpaired) electrons. The summed E-state index contributed by atoms with van der Waals surface area (Å²) in [4.78, 5) is 0. The topological polar surface area (TPSA) is 0 Å². The molecule has 0 saturated heterocycles. The molecule has 13 aromatic rings. The molecule has 145 heavy (non-hydrogen) atoms. The molecule has 0 aliphatic heterocycles. The zero-order valence-electron chi connectivity index (χ0n) is 86.3. The molecule has 10 fully saturated rings. The molecule has 34 atom stereocenters. The molecule has 732 valence electrons. The lowest BCUT2D eigenvalue weighted by Gasteiger charge is -2.39. The summed E-state index contributed by atoms with van der Waals surface area (Å²) in [6.07, 6.45) is 66.1. The van der Waals surface area contributed by atoms with Gasteiger partial charge < -0.3 is 0 Å². The summed E-state index contributed by atoms with van der Waals surface area (Å²) in [6.45, 7) is 9.77. The lowest BCUT2D eigenvalue weighted by molar-refractivity contribution is 0.188. The van der Waals surface area contributed by atoms with Gasteiger partial charge >= 0.3 is 0 Å². The highest BCUT2D eigenvalue weighted by atomic mass is 14.6. The van der Waals surface area contributed by atoms with Crippen LogP contribution in [0.2, 0.25) is 0 Å². The van der Waals surface area contributed by atoms with Gasteiger partial charge in [0.1, 0.15) is 0 Å². The van der Waals surface area contributed by atoms with E-state index in [9.17, 15) is 0 Å². The van der Waals surface area contributed by atoms with Gasteiger partial charge in [-0.1, -0.05) is 446 Å². The van der Waals surface area contributed by atoms with E-state index in [4.69, 9.17) is 0 Å². The normalized spacial score (nSPS) is 36.7. The molecule has 33 rings (SSSR count). The molecule has 20 aliphatic rings. The second-order valence-corrected chi connectivity index (χ2v) is 49.8. The van der Waals surface area contributed by atoms with E-state index >= 15 is 0 Å². The molecule has 16 bridgehead atoms. The van der Waals surface area contributed by atoms with Crippen molar-refractivity contribution in [3.8, 4) is 0 Å². The van der Waals surface area contributed by atoms with Crippen molar-refractivity contribution in [2.45, 2.75) is 202 Å². The molecule has 34 unspecified atom stereocenters. The predicted molar refractivity (Wildman–Crippen MR) is 608 cm³/mol. The maximum atomic E-state index is 2.54. The van der Waals surface area contributed by atoms with Gasteiger partial charge in [0, 0.05) is 5.41 Å². The zero-order valence-corrected chi connectivity index (χ0v) is 86.3. The molecule has 0 nitrogen and oxygen atoms in total. The van der Waals surface area contributed by atoms with Gasteiger partial charge in [0.2, 0.25) is 0 Å². The van der Waals surface area contributed by atoms with Gasteiger partial charge in [-0.05, 0) is 422 Å². The molecule has 0 spiro atoms. The fraction of sp³-hybridized carbons (Fsp3) is 0.393. The van der Waals surface area contributed by atoms with Crippen LogP contribution >= 0.6 is 0 Å². The second kappa shape index (κ2) is 40.0. The van der Waals surface area contributed by atoms with Crippen LogP contribution in [0.1, 0.15) is 239 Å². The van der Waals surface area contributed by atoms with E-state index < -0.39 is 0 Å². The molecule has 0 amide bonds. The van der Waals surface area contributed by atoms with Crippen LogP contribution in [0.4, 0.5) is 0 Å². The first-order valence-corrected chi connectivity index (χ1v) is 57.7. The van der Waals surface area contributed by atoms with Crippen molar-refractivity contribution < 1.29 is 0 Å². The molecule has 13 aromatic carbocycles. The molecule has 10 saturated carbocycles. The largest absolute Gasteiger partial charge is 0.0854 e. The summed E-state index contributed by atoms with van der Waals surface area (Å²) in [5, 5.41) is 8.54. The van der Waals surface area contributed by atoms with E-state index in [1.165, 1.54) is 177 Å². The first-order valence-electron chi connectivity index (χ1n) is 57.7. The van der Waals surface area contributed by atoms with Gasteiger partial charge in [-0.15, -0.1) is 0 Å². The van der Waals surface area contributed by atoms with E-state index in [2.05, 4.69) is 452 Å². The third-order valence-electron chi connectivity index (χ3n) is 42.3. The highest BCUT2D eigenvalue weighted by molar-refractivity contribution is 6.03. The van der Waals surface area contributed by atoms with Crippen LogP contribution in [0.25, 0.3) is 32.3 Å². The van der Waals surface area contributed by atoms with Crippen molar-refractivity contribution in [1.82, 2.24) is 0 Å². The Labute approximate surface area is 867 Å². The zero-order chi connectivity index (χ0) is 96.8. The van der Waals surface area contributed by atoms with Gasteiger partial charge in [-0.2, -0.15) is 0 Å². The molecular weight excluding hydrogens is 1740 g/mol. The van der Waals surface area contributed by atoms with Gasteiger partial charge in [-0.3, -0.25) is 0 Å². The summed E-state index contributed by atoms with van der Waals surface area (Å²) in [7, 11) is 0. The quantitative estimate of drug-likeness (QED) is 0.0946. The van der Waals surface area contributed by atoms with Crippen molar-refractivity contribution in [2.75, 3.05) is 0 Å². The maximum Gasteiger partial charge on any atom is 0.00274 e. The number of allylic oxidation sites excluding steroid dienone is 16. The monoisotopic (exact) mass is 1890 g/mol. The van der Waals surface area contributed by atoms with Crippen molar-refractivity contribution in [2.24, 2.45) is 148 Å². The Hall–Kier alpha value is -11.4. The molecular formula is C145H152. The Morgan fingerprint density at radius 2 is 0.655 bits per heavy atom. The van der Waals surface area contributed by atoms with Crippen molar-refractivity contribution in [1.29, 1.82) is 0 Å². The van der Waals surface area contributed by atoms with Crippen molar-refractivity contribution in [3.05, 3.63) is 492 Å². The molecule has 0 heterocycles. The number of hydrogen-bond acceptors (Lipinski definition) is 0. The second-order valence-electron chi connectivity index (χ2n) is 49.8. The summed E-state index contributed by atoms with van der Waals surface area (Å²) in [5.41, 5.74) is 19.8. The van der Waals surface area contributed by atoms with Gasteiger partial charge in [0.05, 0.1) is 0 Å². The first kappa shape index (κ1) is 93.3. The number of rotatable bonds is 10. The Bertz CT molecular complexity index is 6690. The summed E-state index contributed by atoms with van der Waals surface area (Å²) in [5.74, 6) is 26.8. The standard InChI is InChI=1S/C21H18.C20H26.C19H24.2C19H18.C17H16.2C15H16/c1-3-7-18-15(5-1)13-16-6-2-4-8-19(16)21(18)20-12-14-9-10-17(20)11-14;1-14-8-9-15(10-14)19-12-18-11-16(19)13-20(18,2)17-6-4-3-5-7-17;1-13-7-8-15(9-13)19-12-16-10-17(19)11-18(16)14-5-3-2-4-6-14;2*1-3-7-14(8-4-1)18-16-11-12-17(13-16)19(18)15-9-5-2-6-10-15;1-2-6-15-13(4-1)5-3-7-16(15)17-11-12-8-9-14(17)10-12;1-15-12-7-6-11(8-12)14(15)9-10-4-2-3-5-13(10)15;1-2-4-11-9-15-13-6-5-12(7-13)14(15)8-10(11)3-1/h1-10,13-14,17,20H,11-12H2;3-9,14-16,18-19H,10-13H2,1-2H3;2-8,13,15-19H,9-12H2,1H3;2*1-12,16-19H,13H2;1-9,12,14,17H,10-11H2;2-7,11-12,14H,8-9H2,1H3;1-6,12-15H,7-9H2. The molecule has 0 aromatic heterocycles. The lowest BCUT2D eigenvalue weighted by atomic mass is 9.65. The van der Waals surface area contributed by atoms with Crippen molar-refractivity contribution >= 4 is 32.3 Å². The Kier molecular flexibility index (Phi) is 25.7. The number of hydrogen-bond donors (Lipinski definition) is 0. The van der Waals surface area contributed by atoms with Crippen LogP contribution < -0.4 is 0 Å². The van der Waals surface area contributed by atoms with E-state index in [1.807, 2.05) is 0 Å². The third kappa shape index (κ3) is 17.8. The minimum absolute atomic E-state index is 0.455. The highest BCUT2D eigenvalue weighted by Gasteiger charge is 2.59. The van der Waals surface area contributed by atoms with E-state index in [0.717, 1.165) is 160 Å². The van der Waals surface area contributed by atoms with Crippen LogP contribution in [0, 0.1) is 148 Å². The van der Waals surface area contributed by atoms with Crippen LogP contribution in [0.3, 0.4) is 0 Å². The fourth-order valence-electron chi connectivity index (χ4n) is 35.7. The summed E-state index contributed by atoms with van der Waals surface area (Å²) < 4.78 is 0. The minimum atomic E-state index is 0.455. The van der Waals surface area contributed by atoms with Crippen LogP contribution in [-0.4, -0.2) is 0 Å². The summed E-state index contributed by atoms with van der Waals surface area (Å²) >= 11 is 0. The Morgan fingerprint density at radius 3 is 1.13 bits per heavy atom. The van der Waals surface area contributed by atoms with E-state index in [0.29, 0.717) is 40.4 Å². The van der Waals surface area contributed by atoms with Gasteiger partial charge in [-0.25, -0.2) is 0 Å². The first-order chi connectivity index (χ1) is 71.4. The fourth-order valence-corrected chi connectivity index (χ4v) is 35.7. The van der Waals surface area contributed by atoms with E-state index in [-0.39, 0.29) is 0 Å². The SMILES string of the molecule is C1=CC2CC1C(c1ccccc1)C2c1ccccc1.C1=CC2CC1C(c1ccccc1)C2c1ccccc1.C1=CC2CC1C1Cc3ccccc3CC21.C1=CC2CC1CC2c1c2ccccc2cc2ccccc12.C1=CC2CC1CC2c1cccc2ccccc12.CC12c3ccccc3CC1C1C=CC2C1.CC1C=CC(C2CC3CC2CC3(C)c2ccccc2)C1.CC1C=CC(C2CC3CC2CC3c2ccccc2)C1. The number of fused-ring (bicyclic) bond motifs is 28. The Morgan fingerprint density at radius 1 is 0.241 bits per heavy atom. The Balaban J connectivity index is 0.0000000845. The maximum absolute atomic E-state index is 2.54. The molecule has 0 heteroatoms. The highest BCUT2D eigenvalue weighted by Crippen LogP contribution is 2.67. The smallest absolute Gasteiger partial charge is 0.00274 e. The molecule has 0 N–H and O–H groups in total. The average molecular weight is 1890 g/mol. The summed E-state index contributed by atoms with van der Waals surface area (Å²) in [6, 6.07) is 121. The third-order valence-corrected chi connectivity index (χ3v) is 42.3. The van der Waals surface area contributed by atoms with Gasteiger partial charge in [0.15, 0.2) is 0 Å². The van der Waals surface area contributed by atoms with Crippen LogP contribution in [0.15, 0.2) is 425 Å². The van der Waals surface area contributed by atoms with Crippen LogP contribution in [-0.2, 0) is 30.1 Å². The number of benzene rings is 13. The van der Waals surface area contributed by atoms with Crippen LogP contribution in [0.5, 0.6) is 0 Å². The lowest BCUT2D eigenvalue weighted by Crippen LogP contribution is -2.33. The average Bonchev–Trinajstić information content (AvgIpc) is 1.54. The molecule has 20 aliphatic carbocycles. The van der Waals surface area contributed by atoms with Gasteiger partial charge in [0.25, 0.3) is 0 Å². The predicted octanol–water partition coefficient (Wildman–Crippen LogP) is 36.5. The van der Waals surface area contributed by atoms with E-state index in [1.54, 1.807) is 44.5 Å². The minimum Gasteiger partial charge on any atom is -0.0854 e. The van der Waals surface area contributed by atoms with Crippen molar-refractivity contribution in [3.63, 3.8) is 0 Å².